The fraction of sp³-hybridized carbons (Fsp3) is 0.105. The molecule has 3 aromatic rings. The van der Waals surface area contributed by atoms with Gasteiger partial charge in [0.05, 0.1) is 5.52 Å². The first-order valence-electron chi connectivity index (χ1n) is 7.75. The van der Waals surface area contributed by atoms with Crippen LogP contribution in [0.1, 0.15) is 17.3 Å². The monoisotopic (exact) mass is 370 g/mol. The Morgan fingerprint density at radius 2 is 1.73 bits per heavy atom. The van der Waals surface area contributed by atoms with E-state index in [1.165, 1.54) is 11.5 Å². The summed E-state index contributed by atoms with van der Waals surface area (Å²) < 4.78 is 6.58. The Morgan fingerprint density at radius 3 is 2.38 bits per heavy atom. The second-order valence-corrected chi connectivity index (χ2v) is 6.08. The average molecular weight is 371 g/mol. The molecule has 0 bridgehead atoms. The lowest BCUT2D eigenvalue weighted by Crippen LogP contribution is -2.29. The van der Waals surface area contributed by atoms with E-state index >= 15 is 0 Å². The number of carbonyl (C=O) groups is 2. The van der Waals surface area contributed by atoms with Crippen molar-refractivity contribution in [1.29, 1.82) is 0 Å². The number of fused-ring (bicyclic) bond motifs is 1. The van der Waals surface area contributed by atoms with E-state index in [2.05, 4.69) is 5.32 Å². The molecule has 0 saturated carbocycles. The maximum Gasteiger partial charge on any atom is 0.308 e. The zero-order valence-corrected chi connectivity index (χ0v) is 14.8. The SMILES string of the molecule is CC(=O)Oc1c(C(=O)Nc2ccc(Cl)cc2)c(=O)n(C)c2ccccc12. The largest absolute Gasteiger partial charge is 0.425 e. The first-order valence-corrected chi connectivity index (χ1v) is 8.13. The number of anilines is 1. The highest BCUT2D eigenvalue weighted by molar-refractivity contribution is 6.30. The van der Waals surface area contributed by atoms with Crippen molar-refractivity contribution in [3.05, 3.63) is 69.5 Å². The molecule has 26 heavy (non-hydrogen) atoms. The van der Waals surface area contributed by atoms with Crippen LogP contribution in [0, 0.1) is 0 Å². The van der Waals surface area contributed by atoms with E-state index in [9.17, 15) is 14.4 Å². The van der Waals surface area contributed by atoms with Gasteiger partial charge in [-0.3, -0.25) is 14.4 Å². The van der Waals surface area contributed by atoms with Gasteiger partial charge in [0.15, 0.2) is 5.75 Å². The summed E-state index contributed by atoms with van der Waals surface area (Å²) >= 11 is 5.84. The van der Waals surface area contributed by atoms with E-state index in [0.717, 1.165) is 0 Å². The van der Waals surface area contributed by atoms with Gasteiger partial charge in [0.1, 0.15) is 5.56 Å². The van der Waals surface area contributed by atoms with Crippen molar-refractivity contribution in [2.45, 2.75) is 6.92 Å². The number of halogens is 1. The number of amides is 1. The van der Waals surface area contributed by atoms with Crippen molar-refractivity contribution in [1.82, 2.24) is 4.57 Å². The lowest BCUT2D eigenvalue weighted by atomic mass is 10.1. The molecule has 0 atom stereocenters. The maximum atomic E-state index is 12.8. The molecule has 0 spiro atoms. The molecule has 1 amide bonds. The summed E-state index contributed by atoms with van der Waals surface area (Å²) in [5.41, 5.74) is 0.211. The van der Waals surface area contributed by atoms with Crippen LogP contribution in [0.4, 0.5) is 5.69 Å². The van der Waals surface area contributed by atoms with E-state index in [1.807, 2.05) is 0 Å². The molecule has 6 nitrogen and oxygen atoms in total. The Morgan fingerprint density at radius 1 is 1.08 bits per heavy atom. The molecule has 0 unspecified atom stereocenters. The molecule has 0 fully saturated rings. The third kappa shape index (κ3) is 3.32. The average Bonchev–Trinajstić information content (AvgIpc) is 2.61. The van der Waals surface area contributed by atoms with E-state index in [-0.39, 0.29) is 11.3 Å². The molecule has 0 saturated heterocycles. The lowest BCUT2D eigenvalue weighted by Gasteiger charge is -2.14. The van der Waals surface area contributed by atoms with Crippen LogP contribution in [-0.2, 0) is 11.8 Å². The van der Waals surface area contributed by atoms with Gasteiger partial charge in [-0.05, 0) is 36.4 Å². The van der Waals surface area contributed by atoms with Gasteiger partial charge in [0.2, 0.25) is 0 Å². The predicted molar refractivity (Wildman–Crippen MR) is 99.9 cm³/mol. The fourth-order valence-electron chi connectivity index (χ4n) is 2.64. The number of hydrogen-bond acceptors (Lipinski definition) is 4. The molecule has 1 aromatic heterocycles. The van der Waals surface area contributed by atoms with Gasteiger partial charge < -0.3 is 14.6 Å². The summed E-state index contributed by atoms with van der Waals surface area (Å²) in [5, 5.41) is 3.64. The minimum atomic E-state index is -0.671. The number of pyridine rings is 1. The highest BCUT2D eigenvalue weighted by Gasteiger charge is 2.24. The van der Waals surface area contributed by atoms with Crippen molar-refractivity contribution in [3.63, 3.8) is 0 Å². The number of nitrogens with one attached hydrogen (secondary N) is 1. The smallest absolute Gasteiger partial charge is 0.308 e. The molecule has 1 N–H and O–H groups in total. The second-order valence-electron chi connectivity index (χ2n) is 5.64. The number of rotatable bonds is 3. The van der Waals surface area contributed by atoms with Crippen molar-refractivity contribution >= 4 is 40.1 Å². The number of ether oxygens (including phenoxy) is 1. The number of aromatic nitrogens is 1. The van der Waals surface area contributed by atoms with Gasteiger partial charge in [-0.15, -0.1) is 0 Å². The number of hydrogen-bond donors (Lipinski definition) is 1. The predicted octanol–water partition coefficient (Wildman–Crippen LogP) is 3.37. The Hall–Kier alpha value is -3.12. The normalized spacial score (nSPS) is 10.6. The van der Waals surface area contributed by atoms with E-state index in [0.29, 0.717) is 21.6 Å². The van der Waals surface area contributed by atoms with Gasteiger partial charge in [-0.2, -0.15) is 0 Å². The number of carbonyl (C=O) groups excluding carboxylic acids is 2. The minimum Gasteiger partial charge on any atom is -0.425 e. The molecule has 0 aliphatic carbocycles. The van der Waals surface area contributed by atoms with Gasteiger partial charge in [0.25, 0.3) is 11.5 Å². The van der Waals surface area contributed by atoms with E-state index < -0.39 is 17.4 Å². The molecule has 132 valence electrons. The zero-order chi connectivity index (χ0) is 18.8. The first-order chi connectivity index (χ1) is 12.4. The highest BCUT2D eigenvalue weighted by atomic mass is 35.5. The molecule has 3 rings (SSSR count). The molecule has 0 radical (unpaired) electrons. The van der Waals surface area contributed by atoms with Crippen LogP contribution >= 0.6 is 11.6 Å². The maximum absolute atomic E-state index is 12.8. The second kappa shape index (κ2) is 7.01. The summed E-state index contributed by atoms with van der Waals surface area (Å²) in [6, 6.07) is 13.3. The Kier molecular flexibility index (Phi) is 4.77. The summed E-state index contributed by atoms with van der Waals surface area (Å²) in [6.45, 7) is 1.22. The van der Waals surface area contributed by atoms with Gasteiger partial charge in [0, 0.05) is 30.1 Å². The Labute approximate surface area is 154 Å². The molecule has 0 aliphatic heterocycles. The van der Waals surface area contributed by atoms with Gasteiger partial charge >= 0.3 is 5.97 Å². The molecule has 0 aliphatic rings. The summed E-state index contributed by atoms with van der Waals surface area (Å²) in [5.74, 6) is -1.35. The van der Waals surface area contributed by atoms with Crippen LogP contribution in [0.3, 0.4) is 0 Å². The molecule has 2 aromatic carbocycles. The zero-order valence-electron chi connectivity index (χ0n) is 14.1. The quantitative estimate of drug-likeness (QED) is 0.717. The third-order valence-corrected chi connectivity index (χ3v) is 4.08. The number of benzene rings is 2. The molecule has 7 heteroatoms. The lowest BCUT2D eigenvalue weighted by molar-refractivity contribution is -0.131. The summed E-state index contributed by atoms with van der Waals surface area (Å²) in [7, 11) is 1.56. The highest BCUT2D eigenvalue weighted by Crippen LogP contribution is 2.28. The standard InChI is InChI=1S/C19H15ClN2O4/c1-11(23)26-17-14-5-3-4-6-15(14)22(2)19(25)16(17)18(24)21-13-9-7-12(20)8-10-13/h3-10H,1-2H3,(H,21,24). The van der Waals surface area contributed by atoms with Crippen molar-refractivity contribution < 1.29 is 14.3 Å². The topological polar surface area (TPSA) is 77.4 Å². The van der Waals surface area contributed by atoms with Gasteiger partial charge in [-0.1, -0.05) is 23.7 Å². The van der Waals surface area contributed by atoms with Crippen molar-refractivity contribution in [3.8, 4) is 5.75 Å². The first kappa shape index (κ1) is 17.7. The van der Waals surface area contributed by atoms with Crippen molar-refractivity contribution in [2.75, 3.05) is 5.32 Å². The van der Waals surface area contributed by atoms with Crippen LogP contribution in [0.15, 0.2) is 53.3 Å². The molecular formula is C19H15ClN2O4. The van der Waals surface area contributed by atoms with E-state index in [4.69, 9.17) is 16.3 Å². The van der Waals surface area contributed by atoms with Crippen molar-refractivity contribution in [2.24, 2.45) is 7.05 Å². The number of nitrogens with zero attached hydrogens (tertiary/aromatic N) is 1. The molecule has 1 heterocycles. The fourth-order valence-corrected chi connectivity index (χ4v) is 2.77. The van der Waals surface area contributed by atoms with Gasteiger partial charge in [-0.25, -0.2) is 0 Å². The Balaban J connectivity index is 2.18. The van der Waals surface area contributed by atoms with E-state index in [1.54, 1.807) is 55.6 Å². The number of para-hydroxylation sites is 1. The Bertz CT molecular complexity index is 1070. The minimum absolute atomic E-state index is 0.0531. The van der Waals surface area contributed by atoms with Crippen LogP contribution < -0.4 is 15.6 Å². The van der Waals surface area contributed by atoms with Crippen LogP contribution in [0.2, 0.25) is 5.02 Å². The number of aryl methyl sites for hydroxylation is 1. The number of esters is 1. The van der Waals surface area contributed by atoms with Crippen LogP contribution in [0.5, 0.6) is 5.75 Å². The summed E-state index contributed by atoms with van der Waals surface area (Å²) in [6.07, 6.45) is 0. The van der Waals surface area contributed by atoms with Crippen LogP contribution in [-0.4, -0.2) is 16.4 Å². The third-order valence-electron chi connectivity index (χ3n) is 3.83. The van der Waals surface area contributed by atoms with Crippen LogP contribution in [0.25, 0.3) is 10.9 Å². The molecular weight excluding hydrogens is 356 g/mol. The summed E-state index contributed by atoms with van der Waals surface area (Å²) in [4.78, 5) is 37.1.